The van der Waals surface area contributed by atoms with Gasteiger partial charge in [-0.05, 0) is 55.6 Å². The number of hydrazone groups is 1. The number of nitrogens with one attached hydrogen (secondary N) is 1. The van der Waals surface area contributed by atoms with E-state index in [0.717, 1.165) is 23.7 Å². The standard InChI is InChI=1S/C18H24N4OS/c1-11-7-12(2)21-17(20-11)24-10-16(23)22-19-9-13-5-6-14-8-15(13)18(14,3)4/h5,7,9,14-15H,6,8,10H2,1-4H3,(H,22,23). The molecule has 24 heavy (non-hydrogen) atoms. The molecule has 5 nitrogen and oxygen atoms in total. The van der Waals surface area contributed by atoms with Crippen molar-refractivity contribution in [2.75, 3.05) is 5.75 Å². The van der Waals surface area contributed by atoms with Crippen LogP contribution in [0, 0.1) is 31.1 Å². The Balaban J connectivity index is 1.48. The van der Waals surface area contributed by atoms with Crippen molar-refractivity contribution in [3.05, 3.63) is 29.1 Å². The maximum absolute atomic E-state index is 11.9. The van der Waals surface area contributed by atoms with Gasteiger partial charge in [0.25, 0.3) is 5.91 Å². The summed E-state index contributed by atoms with van der Waals surface area (Å²) < 4.78 is 0. The Hall–Kier alpha value is -1.69. The SMILES string of the molecule is Cc1cc(C)nc(SCC(=O)NN=CC2=CCC3CC2C3(C)C)n1. The van der Waals surface area contributed by atoms with Crippen molar-refractivity contribution in [2.45, 2.75) is 45.7 Å². The second-order valence-electron chi connectivity index (χ2n) is 7.26. The number of hydrogen-bond donors (Lipinski definition) is 1. The highest BCUT2D eigenvalue weighted by molar-refractivity contribution is 7.99. The second-order valence-corrected chi connectivity index (χ2v) is 8.20. The van der Waals surface area contributed by atoms with Gasteiger partial charge in [-0.1, -0.05) is 31.7 Å². The van der Waals surface area contributed by atoms with Crippen molar-refractivity contribution in [3.8, 4) is 0 Å². The van der Waals surface area contributed by atoms with Crippen LogP contribution in [0.25, 0.3) is 0 Å². The van der Waals surface area contributed by atoms with Crippen LogP contribution in [0.2, 0.25) is 0 Å². The molecule has 1 aromatic heterocycles. The van der Waals surface area contributed by atoms with E-state index in [1.165, 1.54) is 23.8 Å². The molecule has 128 valence electrons. The van der Waals surface area contributed by atoms with E-state index >= 15 is 0 Å². The lowest BCUT2D eigenvalue weighted by Gasteiger charge is -2.55. The van der Waals surface area contributed by atoms with Crippen LogP contribution in [0.1, 0.15) is 38.1 Å². The van der Waals surface area contributed by atoms with E-state index in [1.807, 2.05) is 26.1 Å². The van der Waals surface area contributed by atoms with Crippen LogP contribution in [0.15, 0.2) is 28.0 Å². The Morgan fingerprint density at radius 1 is 1.42 bits per heavy atom. The molecule has 1 N–H and O–H groups in total. The maximum atomic E-state index is 11.9. The Kier molecular flexibility index (Phi) is 4.76. The molecule has 0 radical (unpaired) electrons. The molecule has 3 aliphatic rings. The molecule has 2 atom stereocenters. The first-order valence-electron chi connectivity index (χ1n) is 8.33. The molecule has 0 aromatic carbocycles. The quantitative estimate of drug-likeness (QED) is 0.385. The molecular formula is C18H24N4OS. The Morgan fingerprint density at radius 3 is 2.75 bits per heavy atom. The monoisotopic (exact) mass is 344 g/mol. The van der Waals surface area contributed by atoms with E-state index < -0.39 is 0 Å². The number of fused-ring (bicyclic) bond motifs is 1. The van der Waals surface area contributed by atoms with E-state index in [4.69, 9.17) is 0 Å². The minimum atomic E-state index is -0.138. The molecule has 1 amide bonds. The van der Waals surface area contributed by atoms with Crippen molar-refractivity contribution < 1.29 is 4.79 Å². The van der Waals surface area contributed by atoms with Crippen LogP contribution in [-0.4, -0.2) is 27.8 Å². The zero-order chi connectivity index (χ0) is 17.3. The van der Waals surface area contributed by atoms with Gasteiger partial charge in [0.2, 0.25) is 0 Å². The topological polar surface area (TPSA) is 67.2 Å². The smallest absolute Gasteiger partial charge is 0.250 e. The predicted molar refractivity (Wildman–Crippen MR) is 96.9 cm³/mol. The zero-order valence-corrected chi connectivity index (χ0v) is 15.5. The highest BCUT2D eigenvalue weighted by Crippen LogP contribution is 2.58. The number of aromatic nitrogens is 2. The first-order chi connectivity index (χ1) is 11.4. The van der Waals surface area contributed by atoms with Crippen molar-refractivity contribution in [3.63, 3.8) is 0 Å². The largest absolute Gasteiger partial charge is 0.272 e. The van der Waals surface area contributed by atoms with Crippen LogP contribution < -0.4 is 5.43 Å². The van der Waals surface area contributed by atoms with Crippen LogP contribution in [0.3, 0.4) is 0 Å². The third-order valence-electron chi connectivity index (χ3n) is 5.21. The van der Waals surface area contributed by atoms with Crippen LogP contribution >= 0.6 is 11.8 Å². The number of carbonyl (C=O) groups is 1. The number of allylic oxidation sites excluding steroid dienone is 2. The Bertz CT molecular complexity index is 691. The molecule has 0 aliphatic heterocycles. The van der Waals surface area contributed by atoms with Gasteiger partial charge in [0.1, 0.15) is 0 Å². The molecule has 2 unspecified atom stereocenters. The number of carbonyl (C=O) groups excluding carboxylic acids is 1. The number of hydrogen-bond acceptors (Lipinski definition) is 5. The van der Waals surface area contributed by atoms with Crippen LogP contribution in [-0.2, 0) is 4.79 Å². The summed E-state index contributed by atoms with van der Waals surface area (Å²) in [5.41, 5.74) is 6.06. The van der Waals surface area contributed by atoms with Crippen LogP contribution in [0.4, 0.5) is 0 Å². The van der Waals surface area contributed by atoms with Gasteiger partial charge in [0.15, 0.2) is 5.16 Å². The first-order valence-corrected chi connectivity index (χ1v) is 9.32. The van der Waals surface area contributed by atoms with E-state index in [2.05, 4.69) is 40.4 Å². The molecule has 1 fully saturated rings. The maximum Gasteiger partial charge on any atom is 0.250 e. The van der Waals surface area contributed by atoms with Gasteiger partial charge >= 0.3 is 0 Å². The van der Waals surface area contributed by atoms with Gasteiger partial charge < -0.3 is 0 Å². The highest BCUT2D eigenvalue weighted by atomic mass is 32.2. The van der Waals surface area contributed by atoms with Crippen molar-refractivity contribution in [2.24, 2.45) is 22.4 Å². The molecule has 6 heteroatoms. The summed E-state index contributed by atoms with van der Waals surface area (Å²) in [4.78, 5) is 20.6. The van der Waals surface area contributed by atoms with Crippen molar-refractivity contribution in [1.29, 1.82) is 0 Å². The third kappa shape index (κ3) is 3.53. The fraction of sp³-hybridized carbons (Fsp3) is 0.556. The molecule has 0 spiro atoms. The van der Waals surface area contributed by atoms with Gasteiger partial charge in [-0.2, -0.15) is 5.10 Å². The minimum Gasteiger partial charge on any atom is -0.272 e. The molecule has 0 saturated heterocycles. The molecular weight excluding hydrogens is 320 g/mol. The number of amides is 1. The van der Waals surface area contributed by atoms with Gasteiger partial charge in [0, 0.05) is 11.4 Å². The number of nitrogens with zero attached hydrogens (tertiary/aromatic N) is 3. The Morgan fingerprint density at radius 2 is 2.12 bits per heavy atom. The molecule has 1 saturated carbocycles. The minimum absolute atomic E-state index is 0.138. The normalized spacial score (nSPS) is 24.4. The average Bonchev–Trinajstić information content (AvgIpc) is 2.52. The number of rotatable bonds is 5. The fourth-order valence-electron chi connectivity index (χ4n) is 3.64. The van der Waals surface area contributed by atoms with E-state index in [0.29, 0.717) is 16.5 Å². The lowest BCUT2D eigenvalue weighted by atomic mass is 9.49. The number of thioether (sulfide) groups is 1. The van der Waals surface area contributed by atoms with Gasteiger partial charge in [-0.25, -0.2) is 15.4 Å². The lowest BCUT2D eigenvalue weighted by molar-refractivity contribution is -0.118. The molecule has 1 aromatic rings. The van der Waals surface area contributed by atoms with E-state index in [-0.39, 0.29) is 11.7 Å². The molecule has 4 rings (SSSR count). The molecule has 3 aliphatic carbocycles. The number of aryl methyl sites for hydroxylation is 2. The summed E-state index contributed by atoms with van der Waals surface area (Å²) in [6.45, 7) is 8.50. The van der Waals surface area contributed by atoms with E-state index in [9.17, 15) is 4.79 Å². The summed E-state index contributed by atoms with van der Waals surface area (Å²) in [7, 11) is 0. The molecule has 1 heterocycles. The Labute approximate surface area is 147 Å². The first kappa shape index (κ1) is 17.1. The zero-order valence-electron chi connectivity index (χ0n) is 14.7. The predicted octanol–water partition coefficient (Wildman–Crippen LogP) is 3.28. The van der Waals surface area contributed by atoms with Crippen molar-refractivity contribution in [1.82, 2.24) is 15.4 Å². The second kappa shape index (κ2) is 6.67. The molecule has 2 bridgehead atoms. The van der Waals surface area contributed by atoms with Gasteiger partial charge in [-0.15, -0.1) is 0 Å². The fourth-order valence-corrected chi connectivity index (χ4v) is 4.39. The van der Waals surface area contributed by atoms with Crippen molar-refractivity contribution >= 4 is 23.9 Å². The third-order valence-corrected chi connectivity index (χ3v) is 6.06. The van der Waals surface area contributed by atoms with Gasteiger partial charge in [0.05, 0.1) is 12.0 Å². The summed E-state index contributed by atoms with van der Waals surface area (Å²) >= 11 is 1.33. The van der Waals surface area contributed by atoms with Crippen LogP contribution in [0.5, 0.6) is 0 Å². The summed E-state index contributed by atoms with van der Waals surface area (Å²) in [5.74, 6) is 1.51. The van der Waals surface area contributed by atoms with Gasteiger partial charge in [-0.3, -0.25) is 4.79 Å². The summed E-state index contributed by atoms with van der Waals surface area (Å²) in [6, 6.07) is 1.92. The average molecular weight is 344 g/mol. The summed E-state index contributed by atoms with van der Waals surface area (Å²) in [5, 5.41) is 4.76. The van der Waals surface area contributed by atoms with E-state index in [1.54, 1.807) is 0 Å². The summed E-state index contributed by atoms with van der Waals surface area (Å²) in [6.07, 6.45) is 6.45. The lowest BCUT2D eigenvalue weighted by Crippen LogP contribution is -2.48. The highest BCUT2D eigenvalue weighted by Gasteiger charge is 2.50.